The Labute approximate surface area is 126 Å². The van der Waals surface area contributed by atoms with Crippen LogP contribution in [0, 0.1) is 5.92 Å². The molecule has 6 nitrogen and oxygen atoms in total. The number of hydrogen-bond donors (Lipinski definition) is 2. The summed E-state index contributed by atoms with van der Waals surface area (Å²) in [6, 6.07) is 1.99. The molecule has 1 aliphatic heterocycles. The van der Waals surface area contributed by atoms with Gasteiger partial charge in [-0.25, -0.2) is 9.97 Å². The highest BCUT2D eigenvalue weighted by atomic mass is 16.1. The van der Waals surface area contributed by atoms with Crippen LogP contribution < -0.4 is 16.0 Å². The van der Waals surface area contributed by atoms with Crippen LogP contribution >= 0.6 is 0 Å². The highest BCUT2D eigenvalue weighted by Gasteiger charge is 2.24. The van der Waals surface area contributed by atoms with Crippen molar-refractivity contribution in [2.75, 3.05) is 29.9 Å². The second kappa shape index (κ2) is 7.24. The van der Waals surface area contributed by atoms with Gasteiger partial charge in [0.15, 0.2) is 0 Å². The van der Waals surface area contributed by atoms with E-state index in [4.69, 9.17) is 5.73 Å². The van der Waals surface area contributed by atoms with E-state index in [1.165, 1.54) is 0 Å². The number of aromatic nitrogens is 2. The van der Waals surface area contributed by atoms with Gasteiger partial charge in [-0.1, -0.05) is 6.92 Å². The maximum absolute atomic E-state index is 11.2. The molecule has 3 N–H and O–H groups in total. The van der Waals surface area contributed by atoms with Gasteiger partial charge in [0.2, 0.25) is 5.91 Å². The molecule has 0 saturated carbocycles. The fourth-order valence-electron chi connectivity index (χ4n) is 2.65. The third kappa shape index (κ3) is 4.06. The van der Waals surface area contributed by atoms with Crippen LogP contribution in [0.3, 0.4) is 0 Å². The van der Waals surface area contributed by atoms with Gasteiger partial charge in [0, 0.05) is 38.0 Å². The van der Waals surface area contributed by atoms with Gasteiger partial charge in [0.05, 0.1) is 0 Å². The van der Waals surface area contributed by atoms with Crippen LogP contribution in [-0.4, -0.2) is 35.5 Å². The maximum atomic E-state index is 11.2. The zero-order valence-corrected chi connectivity index (χ0v) is 12.9. The van der Waals surface area contributed by atoms with Gasteiger partial charge >= 0.3 is 0 Å². The molecular weight excluding hydrogens is 266 g/mol. The molecule has 2 heterocycles. The summed E-state index contributed by atoms with van der Waals surface area (Å²) in [4.78, 5) is 22.7. The van der Waals surface area contributed by atoms with E-state index in [1.54, 1.807) is 0 Å². The first-order valence-electron chi connectivity index (χ1n) is 7.80. The molecule has 1 aliphatic rings. The molecule has 0 aromatic carbocycles. The minimum absolute atomic E-state index is 0.00596. The summed E-state index contributed by atoms with van der Waals surface area (Å²) in [7, 11) is 0. The van der Waals surface area contributed by atoms with Crippen LogP contribution in [-0.2, 0) is 11.2 Å². The number of nitrogens with one attached hydrogen (secondary N) is 1. The van der Waals surface area contributed by atoms with Crippen LogP contribution in [0.15, 0.2) is 6.07 Å². The molecule has 6 heteroatoms. The Balaban J connectivity index is 2.13. The smallest absolute Gasteiger partial charge is 0.220 e. The molecule has 0 bridgehead atoms. The van der Waals surface area contributed by atoms with Crippen molar-refractivity contribution in [2.45, 2.75) is 39.5 Å². The van der Waals surface area contributed by atoms with E-state index in [0.29, 0.717) is 0 Å². The van der Waals surface area contributed by atoms with Crippen LogP contribution in [0.5, 0.6) is 0 Å². The van der Waals surface area contributed by atoms with E-state index < -0.39 is 0 Å². The van der Waals surface area contributed by atoms with Gasteiger partial charge in [-0.2, -0.15) is 0 Å². The third-order valence-corrected chi connectivity index (χ3v) is 3.81. The molecule has 0 unspecified atom stereocenters. The van der Waals surface area contributed by atoms with Crippen molar-refractivity contribution in [3.63, 3.8) is 0 Å². The molecule has 0 atom stereocenters. The Morgan fingerprint density at radius 1 is 1.38 bits per heavy atom. The van der Waals surface area contributed by atoms with E-state index >= 15 is 0 Å². The monoisotopic (exact) mass is 291 g/mol. The normalized spacial score (nSPS) is 16.0. The average molecular weight is 291 g/mol. The highest BCUT2D eigenvalue weighted by molar-refractivity contribution is 5.77. The van der Waals surface area contributed by atoms with Crippen molar-refractivity contribution >= 4 is 17.5 Å². The van der Waals surface area contributed by atoms with Gasteiger partial charge < -0.3 is 16.0 Å². The van der Waals surface area contributed by atoms with Crippen LogP contribution in [0.2, 0.25) is 0 Å². The van der Waals surface area contributed by atoms with Gasteiger partial charge in [-0.15, -0.1) is 0 Å². The molecule has 2 rings (SSSR count). The number of nitrogens with zero attached hydrogens (tertiary/aromatic N) is 3. The lowest BCUT2D eigenvalue weighted by Crippen LogP contribution is -2.39. The van der Waals surface area contributed by atoms with Gasteiger partial charge in [0.25, 0.3) is 0 Å². The van der Waals surface area contributed by atoms with Crippen LogP contribution in [0.1, 0.15) is 38.9 Å². The highest BCUT2D eigenvalue weighted by Crippen LogP contribution is 2.23. The Morgan fingerprint density at radius 3 is 2.67 bits per heavy atom. The van der Waals surface area contributed by atoms with Crippen LogP contribution in [0.25, 0.3) is 0 Å². The quantitative estimate of drug-likeness (QED) is 0.831. The number of hydrogen-bond acceptors (Lipinski definition) is 5. The van der Waals surface area contributed by atoms with Crippen LogP contribution in [0.4, 0.5) is 11.6 Å². The summed E-state index contributed by atoms with van der Waals surface area (Å²) in [5.74, 6) is 2.53. The van der Waals surface area contributed by atoms with Gasteiger partial charge in [0.1, 0.15) is 17.5 Å². The Hall–Kier alpha value is -1.85. The fourth-order valence-corrected chi connectivity index (χ4v) is 2.65. The van der Waals surface area contributed by atoms with Gasteiger partial charge in [-0.3, -0.25) is 4.79 Å². The molecule has 1 aromatic rings. The number of primary amides is 1. The van der Waals surface area contributed by atoms with Crippen molar-refractivity contribution < 1.29 is 4.79 Å². The third-order valence-electron chi connectivity index (χ3n) is 3.81. The molecular formula is C15H25N5O. The molecule has 0 spiro atoms. The molecule has 1 fully saturated rings. The molecule has 0 aliphatic carbocycles. The summed E-state index contributed by atoms with van der Waals surface area (Å²) < 4.78 is 0. The van der Waals surface area contributed by atoms with E-state index in [-0.39, 0.29) is 11.8 Å². The Bertz CT molecular complexity index is 459. The first-order chi connectivity index (χ1) is 10.1. The minimum atomic E-state index is -0.183. The molecule has 116 valence electrons. The molecule has 0 radical (unpaired) electrons. The predicted molar refractivity (Wildman–Crippen MR) is 84.3 cm³/mol. The lowest BCUT2D eigenvalue weighted by Gasteiger charge is -2.31. The number of amides is 1. The second-order valence-corrected chi connectivity index (χ2v) is 5.47. The topological polar surface area (TPSA) is 84.1 Å². The maximum Gasteiger partial charge on any atom is 0.220 e. The van der Waals surface area contributed by atoms with Crippen molar-refractivity contribution in [3.8, 4) is 0 Å². The first kappa shape index (κ1) is 15.5. The summed E-state index contributed by atoms with van der Waals surface area (Å²) in [6.07, 6.45) is 3.51. The lowest BCUT2D eigenvalue weighted by molar-refractivity contribution is -0.122. The predicted octanol–water partition coefficient (Wildman–Crippen LogP) is 1.56. The minimum Gasteiger partial charge on any atom is -0.370 e. The first-order valence-corrected chi connectivity index (χ1v) is 7.80. The van der Waals surface area contributed by atoms with Crippen molar-refractivity contribution in [1.82, 2.24) is 9.97 Å². The van der Waals surface area contributed by atoms with Crippen molar-refractivity contribution in [2.24, 2.45) is 11.7 Å². The lowest BCUT2D eigenvalue weighted by atomic mass is 9.96. The standard InChI is InChI=1S/C15H25N5O/c1-3-5-12-18-13(17-4-2)10-14(19-12)20-8-6-11(7-9-20)15(16)21/h10-11H,3-9H2,1-2H3,(H2,16,21)(H,17,18,19). The summed E-state index contributed by atoms with van der Waals surface area (Å²) in [5.41, 5.74) is 5.39. The van der Waals surface area contributed by atoms with E-state index in [2.05, 4.69) is 34.0 Å². The van der Waals surface area contributed by atoms with Crippen molar-refractivity contribution in [3.05, 3.63) is 11.9 Å². The summed E-state index contributed by atoms with van der Waals surface area (Å²) >= 11 is 0. The molecule has 1 amide bonds. The average Bonchev–Trinajstić information content (AvgIpc) is 2.48. The summed E-state index contributed by atoms with van der Waals surface area (Å²) in [6.45, 7) is 6.66. The zero-order chi connectivity index (χ0) is 15.2. The summed E-state index contributed by atoms with van der Waals surface area (Å²) in [5, 5.41) is 3.26. The SMILES string of the molecule is CCCc1nc(NCC)cc(N2CCC(C(N)=O)CC2)n1. The largest absolute Gasteiger partial charge is 0.370 e. The number of piperidine rings is 1. The molecule has 21 heavy (non-hydrogen) atoms. The molecule has 1 saturated heterocycles. The molecule has 1 aromatic heterocycles. The van der Waals surface area contributed by atoms with E-state index in [9.17, 15) is 4.79 Å². The van der Waals surface area contributed by atoms with Gasteiger partial charge in [-0.05, 0) is 26.2 Å². The number of nitrogens with two attached hydrogens (primary N) is 1. The van der Waals surface area contributed by atoms with E-state index in [1.807, 2.05) is 6.07 Å². The second-order valence-electron chi connectivity index (χ2n) is 5.47. The number of carbonyl (C=O) groups excluding carboxylic acids is 1. The Kier molecular flexibility index (Phi) is 5.36. The fraction of sp³-hybridized carbons (Fsp3) is 0.667. The number of anilines is 2. The van der Waals surface area contributed by atoms with E-state index in [0.717, 1.165) is 62.8 Å². The number of rotatable bonds is 6. The Morgan fingerprint density at radius 2 is 2.10 bits per heavy atom. The zero-order valence-electron chi connectivity index (χ0n) is 12.9. The van der Waals surface area contributed by atoms with Crippen molar-refractivity contribution in [1.29, 1.82) is 0 Å². The number of aryl methyl sites for hydroxylation is 1. The number of carbonyl (C=O) groups is 1.